The van der Waals surface area contributed by atoms with Gasteiger partial charge in [-0.25, -0.2) is 0 Å². The normalized spacial score (nSPS) is 19.6. The van der Waals surface area contributed by atoms with E-state index in [1.165, 1.54) is 10.5 Å². The Morgan fingerprint density at radius 1 is 0.760 bits per heavy atom. The number of rotatable bonds is 4. The van der Waals surface area contributed by atoms with Crippen LogP contribution in [0.15, 0.2) is 60.7 Å². The van der Waals surface area contributed by atoms with Gasteiger partial charge in [-0.3, -0.25) is 0 Å². The third-order valence-corrected chi connectivity index (χ3v) is 5.92. The van der Waals surface area contributed by atoms with E-state index in [9.17, 15) is 0 Å². The van der Waals surface area contributed by atoms with Crippen molar-refractivity contribution in [2.75, 3.05) is 6.26 Å². The lowest BCUT2D eigenvalue weighted by atomic mass is 9.73. The fourth-order valence-electron chi connectivity index (χ4n) is 2.93. The van der Waals surface area contributed by atoms with Crippen LogP contribution in [0.25, 0.3) is 10.4 Å². The van der Waals surface area contributed by atoms with Crippen molar-refractivity contribution in [3.05, 3.63) is 71.8 Å². The third-order valence-electron chi connectivity index (χ3n) is 5.06. The van der Waals surface area contributed by atoms with Gasteiger partial charge in [-0.1, -0.05) is 60.7 Å². The minimum Gasteiger partial charge on any atom is -0.399 e. The van der Waals surface area contributed by atoms with Crippen molar-refractivity contribution in [3.8, 4) is 0 Å². The summed E-state index contributed by atoms with van der Waals surface area (Å²) >= 11 is 1.73. The van der Waals surface area contributed by atoms with Crippen molar-refractivity contribution in [1.82, 2.24) is 0 Å². The summed E-state index contributed by atoms with van der Waals surface area (Å²) in [7, 11) is -0.393. The van der Waals surface area contributed by atoms with Crippen LogP contribution in [0.5, 0.6) is 0 Å². The summed E-state index contributed by atoms with van der Waals surface area (Å²) in [4.78, 5) is 1.19. The Morgan fingerprint density at radius 3 is 1.64 bits per heavy atom. The SMILES string of the molecule is CS/C(=C(\B1OC(C)(C)C(C)(C)O1)c1ccccc1)c1ccccc1. The lowest BCUT2D eigenvalue weighted by Gasteiger charge is -2.32. The zero-order valence-corrected chi connectivity index (χ0v) is 16.4. The lowest BCUT2D eigenvalue weighted by molar-refractivity contribution is 0.00578. The minimum atomic E-state index is -0.393. The van der Waals surface area contributed by atoms with Gasteiger partial charge < -0.3 is 9.31 Å². The van der Waals surface area contributed by atoms with E-state index in [4.69, 9.17) is 9.31 Å². The summed E-state index contributed by atoms with van der Waals surface area (Å²) in [6.07, 6.45) is 2.11. The van der Waals surface area contributed by atoms with Crippen LogP contribution in [0, 0.1) is 0 Å². The molecule has 130 valence electrons. The predicted octanol–water partition coefficient (Wildman–Crippen LogP) is 5.55. The van der Waals surface area contributed by atoms with Crippen LogP contribution in [-0.4, -0.2) is 24.6 Å². The number of hydrogen-bond acceptors (Lipinski definition) is 3. The number of hydrogen-bond donors (Lipinski definition) is 0. The third kappa shape index (κ3) is 3.57. The molecule has 0 atom stereocenters. The zero-order valence-electron chi connectivity index (χ0n) is 15.6. The van der Waals surface area contributed by atoms with E-state index >= 15 is 0 Å². The van der Waals surface area contributed by atoms with Crippen molar-refractivity contribution >= 4 is 29.3 Å². The summed E-state index contributed by atoms with van der Waals surface area (Å²) in [6, 6.07) is 20.9. The first kappa shape index (κ1) is 18.3. The molecule has 25 heavy (non-hydrogen) atoms. The largest absolute Gasteiger partial charge is 0.496 e. The average molecular weight is 352 g/mol. The van der Waals surface area contributed by atoms with E-state index in [0.29, 0.717) is 0 Å². The highest BCUT2D eigenvalue weighted by Crippen LogP contribution is 2.44. The maximum absolute atomic E-state index is 6.39. The van der Waals surface area contributed by atoms with Crippen LogP contribution in [0.3, 0.4) is 0 Å². The standard InChI is InChI=1S/C21H25BO2S/c1-20(2)21(3,4)24-22(23-20)18(16-12-8-6-9-13-16)19(25-5)17-14-10-7-11-15-17/h6-15H,1-5H3/b19-18-. The molecule has 4 heteroatoms. The highest BCUT2D eigenvalue weighted by molar-refractivity contribution is 8.08. The molecular weight excluding hydrogens is 327 g/mol. The smallest absolute Gasteiger partial charge is 0.399 e. The van der Waals surface area contributed by atoms with Gasteiger partial charge in [-0.15, -0.1) is 11.8 Å². The molecule has 0 amide bonds. The Kier molecular flexibility index (Phi) is 5.15. The topological polar surface area (TPSA) is 18.5 Å². The Hall–Kier alpha value is -1.49. The second-order valence-corrected chi connectivity index (χ2v) is 8.08. The quantitative estimate of drug-likeness (QED) is 0.531. The van der Waals surface area contributed by atoms with Gasteiger partial charge in [0, 0.05) is 10.4 Å². The first-order valence-electron chi connectivity index (χ1n) is 8.60. The van der Waals surface area contributed by atoms with Crippen molar-refractivity contribution < 1.29 is 9.31 Å². The van der Waals surface area contributed by atoms with E-state index in [1.807, 2.05) is 12.1 Å². The Bertz CT molecular complexity index is 738. The second-order valence-electron chi connectivity index (χ2n) is 7.27. The molecule has 0 spiro atoms. The van der Waals surface area contributed by atoms with E-state index in [2.05, 4.69) is 82.5 Å². The van der Waals surface area contributed by atoms with Gasteiger partial charge in [-0.05, 0) is 45.1 Å². The van der Waals surface area contributed by atoms with Crippen LogP contribution in [0.2, 0.25) is 0 Å². The molecule has 1 saturated heterocycles. The van der Waals surface area contributed by atoms with Gasteiger partial charge in [0.2, 0.25) is 0 Å². The van der Waals surface area contributed by atoms with Crippen LogP contribution in [0.4, 0.5) is 0 Å². The lowest BCUT2D eigenvalue weighted by Crippen LogP contribution is -2.41. The highest BCUT2D eigenvalue weighted by Gasteiger charge is 2.53. The van der Waals surface area contributed by atoms with Gasteiger partial charge in [-0.2, -0.15) is 0 Å². The van der Waals surface area contributed by atoms with E-state index < -0.39 is 7.12 Å². The molecule has 1 aliphatic heterocycles. The first-order valence-corrected chi connectivity index (χ1v) is 9.83. The van der Waals surface area contributed by atoms with E-state index in [-0.39, 0.29) is 11.2 Å². The van der Waals surface area contributed by atoms with Gasteiger partial charge >= 0.3 is 7.12 Å². The number of thioether (sulfide) groups is 1. The van der Waals surface area contributed by atoms with Crippen molar-refractivity contribution in [3.63, 3.8) is 0 Å². The molecule has 1 heterocycles. The molecule has 0 aromatic heterocycles. The van der Waals surface area contributed by atoms with Crippen LogP contribution >= 0.6 is 11.8 Å². The fraction of sp³-hybridized carbons (Fsp3) is 0.333. The number of benzene rings is 2. The summed E-state index contributed by atoms with van der Waals surface area (Å²) in [5, 5.41) is 0. The summed E-state index contributed by atoms with van der Waals surface area (Å²) < 4.78 is 12.8. The molecule has 2 aromatic carbocycles. The zero-order chi connectivity index (χ0) is 18.1. The molecule has 0 bridgehead atoms. The van der Waals surface area contributed by atoms with Gasteiger partial charge in [0.25, 0.3) is 0 Å². The van der Waals surface area contributed by atoms with Crippen LogP contribution in [-0.2, 0) is 9.31 Å². The molecule has 2 aromatic rings. The molecule has 0 saturated carbocycles. The molecule has 0 aliphatic carbocycles. The van der Waals surface area contributed by atoms with Crippen LogP contribution in [0.1, 0.15) is 38.8 Å². The van der Waals surface area contributed by atoms with Gasteiger partial charge in [0.1, 0.15) is 0 Å². The molecule has 3 rings (SSSR count). The van der Waals surface area contributed by atoms with Crippen molar-refractivity contribution in [2.45, 2.75) is 38.9 Å². The van der Waals surface area contributed by atoms with E-state index in [1.54, 1.807) is 11.8 Å². The predicted molar refractivity (Wildman–Crippen MR) is 109 cm³/mol. The van der Waals surface area contributed by atoms with Crippen molar-refractivity contribution in [1.29, 1.82) is 0 Å². The maximum Gasteiger partial charge on any atom is 0.496 e. The second kappa shape index (κ2) is 7.03. The Morgan fingerprint density at radius 2 is 1.20 bits per heavy atom. The van der Waals surface area contributed by atoms with Crippen LogP contribution < -0.4 is 0 Å². The molecular formula is C21H25BO2S. The van der Waals surface area contributed by atoms with E-state index in [0.717, 1.165) is 11.0 Å². The molecule has 1 fully saturated rings. The molecule has 0 radical (unpaired) electrons. The Labute approximate surface area is 155 Å². The van der Waals surface area contributed by atoms with Crippen molar-refractivity contribution in [2.24, 2.45) is 0 Å². The first-order chi connectivity index (χ1) is 11.9. The molecule has 0 unspecified atom stereocenters. The monoisotopic (exact) mass is 352 g/mol. The summed E-state index contributed by atoms with van der Waals surface area (Å²) in [5.74, 6) is 0. The summed E-state index contributed by atoms with van der Waals surface area (Å²) in [5.41, 5.74) is 2.69. The summed E-state index contributed by atoms with van der Waals surface area (Å²) in [6.45, 7) is 8.38. The maximum atomic E-state index is 6.39. The minimum absolute atomic E-state index is 0.363. The molecule has 0 N–H and O–H groups in total. The van der Waals surface area contributed by atoms with Gasteiger partial charge in [0.15, 0.2) is 0 Å². The Balaban J connectivity index is 2.17. The highest BCUT2D eigenvalue weighted by atomic mass is 32.2. The average Bonchev–Trinajstić information content (AvgIpc) is 2.81. The van der Waals surface area contributed by atoms with Gasteiger partial charge in [0.05, 0.1) is 11.2 Å². The fourth-order valence-corrected chi connectivity index (χ4v) is 3.73. The molecule has 2 nitrogen and oxygen atoms in total. The molecule has 1 aliphatic rings.